The second-order valence-electron chi connectivity index (χ2n) is 2.33. The lowest BCUT2D eigenvalue weighted by Gasteiger charge is -1.97. The van der Waals surface area contributed by atoms with Crippen LogP contribution in [-0.2, 0) is 0 Å². The maximum Gasteiger partial charge on any atom is 0.225 e. The minimum atomic E-state index is -0.231. The van der Waals surface area contributed by atoms with Gasteiger partial charge in [-0.25, -0.2) is 9.88 Å². The molecule has 0 N–H and O–H groups in total. The van der Waals surface area contributed by atoms with E-state index in [0.29, 0.717) is 0 Å². The van der Waals surface area contributed by atoms with Crippen LogP contribution in [0.15, 0.2) is 21.9 Å². The standard InChI is InChI=1S/C6H8BS/c1-3-4-5-6-7-8(5,6)2/h3-4H,1-2H3/b4-3-. The van der Waals surface area contributed by atoms with Crippen LogP contribution >= 0.6 is 9.88 Å². The Kier molecular flexibility index (Phi) is 0.640. The molecule has 0 bridgehead atoms. The quantitative estimate of drug-likeness (QED) is 0.368. The zero-order valence-electron chi connectivity index (χ0n) is 5.14. The van der Waals surface area contributed by atoms with Gasteiger partial charge in [-0.2, -0.15) is 0 Å². The van der Waals surface area contributed by atoms with E-state index < -0.39 is 0 Å². The first-order valence-corrected chi connectivity index (χ1v) is 4.89. The molecule has 1 atom stereocenters. The van der Waals surface area contributed by atoms with E-state index in [1.807, 2.05) is 0 Å². The fourth-order valence-corrected chi connectivity index (χ4v) is 3.48. The average Bonchev–Trinajstić information content (AvgIpc) is 2.49. The maximum atomic E-state index is 2.39. The highest BCUT2D eigenvalue weighted by molar-refractivity contribution is 8.74. The molecule has 0 aromatic rings. The summed E-state index contributed by atoms with van der Waals surface area (Å²) in [6.07, 6.45) is 6.71. The lowest BCUT2D eigenvalue weighted by atomic mass is 10.1. The van der Waals surface area contributed by atoms with Gasteiger partial charge in [-0.15, -0.1) is 0 Å². The largest absolute Gasteiger partial charge is 0.230 e. The van der Waals surface area contributed by atoms with Crippen molar-refractivity contribution in [2.45, 2.75) is 6.92 Å². The molecule has 2 heteroatoms. The molecule has 0 saturated carbocycles. The zero-order valence-corrected chi connectivity index (χ0v) is 5.96. The summed E-state index contributed by atoms with van der Waals surface area (Å²) in [6.45, 7) is 4.47. The number of rotatable bonds is 1. The normalized spacial score (nSPS) is 47.8. The van der Waals surface area contributed by atoms with Crippen LogP contribution in [0.25, 0.3) is 0 Å². The van der Waals surface area contributed by atoms with E-state index in [4.69, 9.17) is 0 Å². The minimum Gasteiger partial charge on any atom is -0.230 e. The van der Waals surface area contributed by atoms with Crippen molar-refractivity contribution in [3.05, 3.63) is 21.9 Å². The first kappa shape index (κ1) is 4.74. The van der Waals surface area contributed by atoms with Gasteiger partial charge in [0.15, 0.2) is 0 Å². The zero-order chi connectivity index (χ0) is 5.78. The Hall–Kier alpha value is -0.105. The Labute approximate surface area is 52.1 Å². The monoisotopic (exact) mass is 123 g/mol. The highest BCUT2D eigenvalue weighted by atomic mass is 32.3. The first-order chi connectivity index (χ1) is 3.79. The predicted molar refractivity (Wildman–Crippen MR) is 41.1 cm³/mol. The molecule has 0 spiro atoms. The van der Waals surface area contributed by atoms with Gasteiger partial charge >= 0.3 is 0 Å². The molecular formula is C6H8BS. The first-order valence-electron chi connectivity index (χ1n) is 2.79. The van der Waals surface area contributed by atoms with E-state index in [9.17, 15) is 0 Å². The topological polar surface area (TPSA) is 0 Å². The van der Waals surface area contributed by atoms with Crippen molar-refractivity contribution in [2.24, 2.45) is 0 Å². The molecule has 1 saturated heterocycles. The molecule has 0 aromatic heterocycles. The Morgan fingerprint density at radius 1 is 1.62 bits per heavy atom. The molecule has 1 fully saturated rings. The van der Waals surface area contributed by atoms with E-state index in [1.165, 1.54) is 0 Å². The third-order valence-corrected chi connectivity index (χ3v) is 4.49. The van der Waals surface area contributed by atoms with E-state index in [-0.39, 0.29) is 9.88 Å². The summed E-state index contributed by atoms with van der Waals surface area (Å²) in [6, 6.07) is 0. The van der Waals surface area contributed by atoms with Crippen molar-refractivity contribution in [3.63, 3.8) is 0 Å². The molecule has 0 aromatic carbocycles. The summed E-state index contributed by atoms with van der Waals surface area (Å²) in [5.41, 5.74) is 0. The van der Waals surface area contributed by atoms with Gasteiger partial charge in [0.2, 0.25) is 6.56 Å². The van der Waals surface area contributed by atoms with Gasteiger partial charge in [0.1, 0.15) is 0 Å². The summed E-state index contributed by atoms with van der Waals surface area (Å²) in [5, 5.41) is 0. The van der Waals surface area contributed by atoms with Gasteiger partial charge in [-0.1, -0.05) is 17.0 Å². The molecule has 2 rings (SSSR count). The molecule has 0 nitrogen and oxygen atoms in total. The third kappa shape index (κ3) is 0.357. The second kappa shape index (κ2) is 1.08. The second-order valence-corrected chi connectivity index (χ2v) is 5.41. The Balaban J connectivity index is 2.17. The lowest BCUT2D eigenvalue weighted by Crippen LogP contribution is -1.72. The summed E-state index contributed by atoms with van der Waals surface area (Å²) in [5.74, 6) is 0. The molecule has 2 aliphatic rings. The van der Waals surface area contributed by atoms with E-state index in [1.54, 1.807) is 9.71 Å². The van der Waals surface area contributed by atoms with Crippen LogP contribution in [0.4, 0.5) is 0 Å². The van der Waals surface area contributed by atoms with Crippen LogP contribution in [0.2, 0.25) is 0 Å². The molecule has 2 aliphatic heterocycles. The highest BCUT2D eigenvalue weighted by Crippen LogP contribution is 2.88. The fourth-order valence-electron chi connectivity index (χ4n) is 0.973. The van der Waals surface area contributed by atoms with Gasteiger partial charge < -0.3 is 0 Å². The molecule has 41 valence electrons. The molecular weight excluding hydrogens is 115 g/mol. The number of hydrogen-bond donors (Lipinski definition) is 0. The summed E-state index contributed by atoms with van der Waals surface area (Å²) >= 11 is 0. The van der Waals surface area contributed by atoms with Crippen LogP contribution in [-0.4, -0.2) is 12.8 Å². The van der Waals surface area contributed by atoms with Crippen LogP contribution in [0, 0.1) is 0 Å². The molecule has 8 heavy (non-hydrogen) atoms. The van der Waals surface area contributed by atoms with Crippen LogP contribution < -0.4 is 0 Å². The molecule has 1 radical (unpaired) electrons. The van der Waals surface area contributed by atoms with Crippen molar-refractivity contribution < 1.29 is 0 Å². The summed E-state index contributed by atoms with van der Waals surface area (Å²) in [7, 11) is -0.231. The van der Waals surface area contributed by atoms with E-state index in [2.05, 4.69) is 31.9 Å². The number of hydrogen-bond acceptors (Lipinski definition) is 0. The average molecular weight is 123 g/mol. The van der Waals surface area contributed by atoms with Gasteiger partial charge in [-0.05, 0) is 18.1 Å². The maximum absolute atomic E-state index is 2.39. The smallest absolute Gasteiger partial charge is 0.225 e. The minimum absolute atomic E-state index is 0.231. The third-order valence-electron chi connectivity index (χ3n) is 1.72. The van der Waals surface area contributed by atoms with Crippen molar-refractivity contribution in [1.82, 2.24) is 0 Å². The Bertz CT molecular complexity index is 205. The molecule has 0 aliphatic carbocycles. The Morgan fingerprint density at radius 2 is 2.25 bits per heavy atom. The molecule has 1 unspecified atom stereocenters. The highest BCUT2D eigenvalue weighted by Gasteiger charge is 2.58. The van der Waals surface area contributed by atoms with Crippen molar-refractivity contribution in [1.29, 1.82) is 0 Å². The van der Waals surface area contributed by atoms with Crippen molar-refractivity contribution in [2.75, 3.05) is 6.26 Å². The SMILES string of the molecule is C/C=C\C1=C2[B]S21C. The van der Waals surface area contributed by atoms with Gasteiger partial charge in [0.05, 0.1) is 0 Å². The van der Waals surface area contributed by atoms with E-state index >= 15 is 0 Å². The van der Waals surface area contributed by atoms with Crippen LogP contribution in [0.3, 0.4) is 0 Å². The number of allylic oxidation sites excluding steroid dienone is 2. The predicted octanol–water partition coefficient (Wildman–Crippen LogP) is 1.81. The van der Waals surface area contributed by atoms with Crippen LogP contribution in [0.1, 0.15) is 6.92 Å². The Morgan fingerprint density at radius 3 is 2.38 bits per heavy atom. The summed E-state index contributed by atoms with van der Waals surface area (Å²) in [4.78, 5) is 3.30. The molecule has 2 heterocycles. The van der Waals surface area contributed by atoms with Crippen LogP contribution in [0.5, 0.6) is 0 Å². The summed E-state index contributed by atoms with van der Waals surface area (Å²) < 4.78 is 0. The number of fused-ring (bicyclic) bond motifs is 1. The fraction of sp³-hybridized carbons (Fsp3) is 0.333. The van der Waals surface area contributed by atoms with Gasteiger partial charge in [-0.3, -0.25) is 0 Å². The molecule has 0 amide bonds. The van der Waals surface area contributed by atoms with E-state index in [0.717, 1.165) is 0 Å². The van der Waals surface area contributed by atoms with Gasteiger partial charge in [0, 0.05) is 0 Å². The van der Waals surface area contributed by atoms with Crippen molar-refractivity contribution in [3.8, 4) is 0 Å². The van der Waals surface area contributed by atoms with Gasteiger partial charge in [0.25, 0.3) is 0 Å². The lowest BCUT2D eigenvalue weighted by molar-refractivity contribution is 1.73. The van der Waals surface area contributed by atoms with Crippen molar-refractivity contribution >= 4 is 16.4 Å².